The average molecular weight is 459 g/mol. The van der Waals surface area contributed by atoms with E-state index in [2.05, 4.69) is 25.6 Å². The van der Waals surface area contributed by atoms with E-state index in [0.29, 0.717) is 0 Å². The van der Waals surface area contributed by atoms with Crippen molar-refractivity contribution in [3.63, 3.8) is 0 Å². The molecule has 30 heavy (non-hydrogen) atoms. The zero-order valence-electron chi connectivity index (χ0n) is 16.9. The van der Waals surface area contributed by atoms with Crippen LogP contribution >= 0.6 is 0 Å². The number of aromatic nitrogens is 1. The predicted octanol–water partition coefficient (Wildman–Crippen LogP) is 3.65. The monoisotopic (exact) mass is 459 g/mol. The summed E-state index contributed by atoms with van der Waals surface area (Å²) >= 11 is 0. The first kappa shape index (κ1) is 31.3. The van der Waals surface area contributed by atoms with Crippen LogP contribution < -0.4 is 5.43 Å². The minimum Gasteiger partial charge on any atom is -0.792 e. The fourth-order valence-electron chi connectivity index (χ4n) is 0.997. The van der Waals surface area contributed by atoms with Gasteiger partial charge in [-0.05, 0) is 39.8 Å². The van der Waals surface area contributed by atoms with Crippen molar-refractivity contribution < 1.29 is 16.8 Å². The Balaban J connectivity index is -0.000000321. The van der Waals surface area contributed by atoms with Gasteiger partial charge in [-0.2, -0.15) is 18.2 Å². The Morgan fingerprint density at radius 3 is 1.20 bits per heavy atom. The molecule has 0 aliphatic carbocycles. The van der Waals surface area contributed by atoms with Crippen molar-refractivity contribution in [3.05, 3.63) is 92.0 Å². The van der Waals surface area contributed by atoms with Crippen LogP contribution in [0, 0.1) is 20.8 Å². The van der Waals surface area contributed by atoms with Crippen LogP contribution in [0.5, 0.6) is 0 Å². The zero-order chi connectivity index (χ0) is 22.5. The van der Waals surface area contributed by atoms with Gasteiger partial charge >= 0.3 is 0 Å². The van der Waals surface area contributed by atoms with E-state index in [1.54, 1.807) is 24.5 Å². The summed E-state index contributed by atoms with van der Waals surface area (Å²) in [6.45, 7) is 5.74. The summed E-state index contributed by atoms with van der Waals surface area (Å²) in [6.07, 6.45) is 3.50. The Hall–Kier alpha value is -3.44. The van der Waals surface area contributed by atoms with Crippen molar-refractivity contribution in [2.24, 2.45) is 20.6 Å². The number of hydrogen-bond acceptors (Lipinski definition) is 10. The smallest absolute Gasteiger partial charge is 0.0716 e. The predicted molar refractivity (Wildman–Crippen MR) is 118 cm³/mol. The van der Waals surface area contributed by atoms with Gasteiger partial charge < -0.3 is 46.2 Å². The summed E-state index contributed by atoms with van der Waals surface area (Å²) in [5.74, 6) is 0. The van der Waals surface area contributed by atoms with E-state index in [0.717, 1.165) is 0 Å². The second-order valence-electron chi connectivity index (χ2n) is 5.04. The molecule has 11 heteroatoms. The van der Waals surface area contributed by atoms with E-state index < -0.39 is 0 Å². The largest absolute Gasteiger partial charge is 0.792 e. The van der Waals surface area contributed by atoms with Gasteiger partial charge in [0, 0.05) is 52.0 Å². The first-order valence-corrected chi connectivity index (χ1v) is 8.09. The van der Waals surface area contributed by atoms with Gasteiger partial charge in [0.05, 0.1) is 5.43 Å². The molecule has 2 rings (SSSR count). The minimum atomic E-state index is 0. The van der Waals surface area contributed by atoms with Crippen molar-refractivity contribution >= 4 is 22.8 Å². The maximum Gasteiger partial charge on any atom is 0.0716 e. The first-order chi connectivity index (χ1) is 13.8. The second-order valence-corrected chi connectivity index (χ2v) is 5.04. The molecule has 0 fully saturated rings. The van der Waals surface area contributed by atoms with E-state index in [9.17, 15) is 25.6 Å². The SMILES string of the molecule is CC(=N[O-])C(C)=N[O-].CC(=N[O-])C(C)=N[O-].O=c1cc[cH-]cc1.[Co].c1ccncc1. The molecule has 0 unspecified atom stereocenters. The molecule has 0 amide bonds. The topological polar surface area (TPSA) is 172 Å². The molecule has 1 aromatic carbocycles. The summed E-state index contributed by atoms with van der Waals surface area (Å²) in [4.78, 5) is 14.1. The Bertz CT molecular complexity index is 728. The number of para-hydroxylation sites is 1. The maximum absolute atomic E-state index is 10.3. The second kappa shape index (κ2) is 21.9. The normalized spacial score (nSPS) is 11.2. The molecule has 0 bridgehead atoms. The van der Waals surface area contributed by atoms with Crippen LogP contribution in [0.3, 0.4) is 0 Å². The molecule has 0 saturated carbocycles. The molecule has 1 aromatic heterocycles. The van der Waals surface area contributed by atoms with Crippen molar-refractivity contribution in [2.75, 3.05) is 0 Å². The van der Waals surface area contributed by atoms with E-state index in [-0.39, 0.29) is 45.1 Å². The van der Waals surface area contributed by atoms with Gasteiger partial charge in [-0.25, -0.2) is 0 Å². The number of pyridine rings is 1. The van der Waals surface area contributed by atoms with Crippen molar-refractivity contribution in [3.8, 4) is 0 Å². The molecular formula is C19H22CoN5O5-5. The van der Waals surface area contributed by atoms with Crippen LogP contribution in [0.1, 0.15) is 27.7 Å². The van der Waals surface area contributed by atoms with Gasteiger partial charge in [-0.1, -0.05) is 6.07 Å². The number of nitrogens with zero attached hydrogens (tertiary/aromatic N) is 5. The van der Waals surface area contributed by atoms with Crippen LogP contribution in [0.2, 0.25) is 0 Å². The molecule has 0 aliphatic rings. The van der Waals surface area contributed by atoms with Gasteiger partial charge in [0.1, 0.15) is 0 Å². The quantitative estimate of drug-likeness (QED) is 0.377. The third-order valence-electron chi connectivity index (χ3n) is 2.90. The first-order valence-electron chi connectivity index (χ1n) is 8.09. The summed E-state index contributed by atoms with van der Waals surface area (Å²) < 4.78 is 0. The van der Waals surface area contributed by atoms with E-state index in [4.69, 9.17) is 0 Å². The van der Waals surface area contributed by atoms with Crippen LogP contribution in [0.15, 0.2) is 86.3 Å². The van der Waals surface area contributed by atoms with Gasteiger partial charge in [-0.3, -0.25) is 4.98 Å². The third-order valence-corrected chi connectivity index (χ3v) is 2.90. The van der Waals surface area contributed by atoms with Crippen molar-refractivity contribution in [1.82, 2.24) is 4.98 Å². The van der Waals surface area contributed by atoms with Gasteiger partial charge in [0.2, 0.25) is 0 Å². The summed E-state index contributed by atoms with van der Waals surface area (Å²) in [5.41, 5.74) is 0.627. The molecule has 10 nitrogen and oxygen atoms in total. The fraction of sp³-hybridized carbons (Fsp3) is 0.211. The minimum absolute atomic E-state index is 0. The summed E-state index contributed by atoms with van der Waals surface area (Å²) in [5, 5.41) is 48.4. The molecule has 0 spiro atoms. The van der Waals surface area contributed by atoms with Crippen LogP contribution in [0.25, 0.3) is 0 Å². The molecule has 0 aliphatic heterocycles. The van der Waals surface area contributed by atoms with Crippen LogP contribution in [0.4, 0.5) is 0 Å². The van der Waals surface area contributed by atoms with E-state index >= 15 is 0 Å². The summed E-state index contributed by atoms with van der Waals surface area (Å²) in [6, 6.07) is 14.0. The van der Waals surface area contributed by atoms with Crippen LogP contribution in [-0.4, -0.2) is 27.8 Å². The average Bonchev–Trinajstić information content (AvgIpc) is 2.79. The molecule has 167 valence electrons. The maximum atomic E-state index is 10.3. The van der Waals surface area contributed by atoms with Gasteiger partial charge in [0.25, 0.3) is 0 Å². The standard InChI is InChI=1S/C6H5O.C5H5N.2C4H8N2O2.Co/c7-6-4-2-1-3-5-6;1-2-4-6-5-3-1;2*1-3(5-7)4(2)6-8;/h1-5H;1-5H;2*7-8H,1-2H3;/q-1;;;;/p-4. The Labute approximate surface area is 185 Å². The Morgan fingerprint density at radius 2 is 1.07 bits per heavy atom. The zero-order valence-corrected chi connectivity index (χ0v) is 17.9. The molecule has 0 N–H and O–H groups in total. The van der Waals surface area contributed by atoms with Gasteiger partial charge in [-0.15, -0.1) is 12.1 Å². The van der Waals surface area contributed by atoms with E-state index in [1.165, 1.54) is 39.8 Å². The van der Waals surface area contributed by atoms with Crippen molar-refractivity contribution in [1.29, 1.82) is 0 Å². The molecule has 1 heterocycles. The van der Waals surface area contributed by atoms with Gasteiger partial charge in [0.15, 0.2) is 0 Å². The van der Waals surface area contributed by atoms with Crippen LogP contribution in [-0.2, 0) is 16.8 Å². The van der Waals surface area contributed by atoms with Crippen molar-refractivity contribution in [2.45, 2.75) is 27.7 Å². The molecular weight excluding hydrogens is 437 g/mol. The fourth-order valence-corrected chi connectivity index (χ4v) is 0.997. The molecule has 2 aromatic rings. The number of benzene rings is 1. The Morgan fingerprint density at radius 1 is 0.733 bits per heavy atom. The third kappa shape index (κ3) is 19.3. The molecule has 0 atom stereocenters. The number of rotatable bonds is 2. The summed E-state index contributed by atoms with van der Waals surface area (Å²) in [7, 11) is 0. The number of hydrogen-bond donors (Lipinski definition) is 0. The molecule has 1 radical (unpaired) electrons. The van der Waals surface area contributed by atoms with E-state index in [1.807, 2.05) is 24.3 Å². The Kier molecular flexibility index (Phi) is 22.8. The molecule has 0 saturated heterocycles.